The molecule has 2 aliphatic heterocycles. The average molecular weight is 309 g/mol. The Morgan fingerprint density at radius 1 is 1.38 bits per heavy atom. The smallest absolute Gasteiger partial charge is 0.0729 e. The van der Waals surface area contributed by atoms with E-state index in [0.29, 0.717) is 6.04 Å². The van der Waals surface area contributed by atoms with Gasteiger partial charge < -0.3 is 14.8 Å². The molecule has 0 bridgehead atoms. The average Bonchev–Trinajstić information content (AvgIpc) is 3.01. The zero-order valence-electron chi connectivity index (χ0n) is 13.0. The van der Waals surface area contributed by atoms with Crippen LogP contribution in [0.5, 0.6) is 0 Å². The molecule has 3 rings (SSSR count). The minimum atomic E-state index is 0.101. The molecule has 3 heterocycles. The molecule has 2 fully saturated rings. The van der Waals surface area contributed by atoms with E-state index >= 15 is 0 Å². The first-order valence-corrected chi connectivity index (χ1v) is 9.17. The third kappa shape index (κ3) is 3.86. The van der Waals surface area contributed by atoms with E-state index < -0.39 is 0 Å². The van der Waals surface area contributed by atoms with Gasteiger partial charge in [0, 0.05) is 30.7 Å². The number of likely N-dealkylation sites (N-methyl/N-ethyl adjacent to an activating group) is 1. The fraction of sp³-hybridized carbons (Fsp3) is 0.765. The molecule has 1 spiro atoms. The van der Waals surface area contributed by atoms with Gasteiger partial charge in [-0.1, -0.05) is 13.0 Å². The van der Waals surface area contributed by atoms with Crippen molar-refractivity contribution >= 4 is 11.3 Å². The second-order valence-corrected chi connectivity index (χ2v) is 7.38. The largest absolute Gasteiger partial charge is 0.381 e. The third-order valence-corrected chi connectivity index (χ3v) is 5.87. The van der Waals surface area contributed by atoms with E-state index in [0.717, 1.165) is 51.5 Å². The summed E-state index contributed by atoms with van der Waals surface area (Å²) in [6.07, 6.45) is 5.68. The summed E-state index contributed by atoms with van der Waals surface area (Å²) in [5.41, 5.74) is 0.101. The van der Waals surface area contributed by atoms with E-state index in [4.69, 9.17) is 9.47 Å². The van der Waals surface area contributed by atoms with E-state index in [9.17, 15) is 0 Å². The molecule has 0 radical (unpaired) electrons. The molecule has 21 heavy (non-hydrogen) atoms. The number of hydrogen-bond acceptors (Lipinski definition) is 4. The second-order valence-electron chi connectivity index (χ2n) is 6.34. The van der Waals surface area contributed by atoms with Crippen molar-refractivity contribution in [1.82, 2.24) is 5.32 Å². The molecular weight excluding hydrogens is 282 g/mol. The zero-order chi connectivity index (χ0) is 14.5. The van der Waals surface area contributed by atoms with Crippen LogP contribution >= 0.6 is 11.3 Å². The van der Waals surface area contributed by atoms with Crippen LogP contribution in [0.25, 0.3) is 0 Å². The van der Waals surface area contributed by atoms with Crippen molar-refractivity contribution in [3.05, 3.63) is 22.4 Å². The Morgan fingerprint density at radius 2 is 2.24 bits per heavy atom. The molecule has 0 aliphatic carbocycles. The van der Waals surface area contributed by atoms with Crippen LogP contribution in [0.1, 0.15) is 37.5 Å². The molecule has 1 aromatic rings. The van der Waals surface area contributed by atoms with Gasteiger partial charge in [-0.25, -0.2) is 0 Å². The van der Waals surface area contributed by atoms with Gasteiger partial charge in [0.2, 0.25) is 0 Å². The van der Waals surface area contributed by atoms with Gasteiger partial charge in [0.1, 0.15) is 0 Å². The van der Waals surface area contributed by atoms with E-state index in [2.05, 4.69) is 29.8 Å². The van der Waals surface area contributed by atoms with Crippen molar-refractivity contribution in [3.63, 3.8) is 0 Å². The first kappa shape index (κ1) is 15.5. The van der Waals surface area contributed by atoms with Crippen LogP contribution in [0.15, 0.2) is 17.5 Å². The molecule has 4 heteroatoms. The highest BCUT2D eigenvalue weighted by atomic mass is 32.1. The van der Waals surface area contributed by atoms with Crippen LogP contribution in [0.3, 0.4) is 0 Å². The predicted octanol–water partition coefficient (Wildman–Crippen LogP) is 3.24. The first-order chi connectivity index (χ1) is 10.3. The molecule has 0 saturated carbocycles. The summed E-state index contributed by atoms with van der Waals surface area (Å²) in [6.45, 7) is 5.90. The second kappa shape index (κ2) is 7.23. The fourth-order valence-electron chi connectivity index (χ4n) is 3.81. The lowest BCUT2D eigenvalue weighted by atomic mass is 9.77. The Balaban J connectivity index is 1.66. The van der Waals surface area contributed by atoms with Gasteiger partial charge in [0.15, 0.2) is 0 Å². The topological polar surface area (TPSA) is 30.5 Å². The lowest BCUT2D eigenvalue weighted by Gasteiger charge is -2.45. The van der Waals surface area contributed by atoms with Gasteiger partial charge in [-0.15, -0.1) is 11.3 Å². The van der Waals surface area contributed by atoms with Crippen molar-refractivity contribution in [2.75, 3.05) is 26.4 Å². The standard InChI is InChI=1S/C17H27NO2S/c1-2-18-16(12-15-4-3-11-21-15)14-5-8-20-17(13-14)6-9-19-10-7-17/h3-4,11,14,16,18H,2,5-10,12-13H2,1H3. The van der Waals surface area contributed by atoms with Crippen LogP contribution in [0.4, 0.5) is 0 Å². The summed E-state index contributed by atoms with van der Waals surface area (Å²) in [7, 11) is 0. The third-order valence-electron chi connectivity index (χ3n) is 4.97. The minimum absolute atomic E-state index is 0.101. The van der Waals surface area contributed by atoms with Crippen LogP contribution in [-0.2, 0) is 15.9 Å². The molecule has 0 amide bonds. The molecule has 1 aromatic heterocycles. The summed E-state index contributed by atoms with van der Waals surface area (Å²) in [6, 6.07) is 5.00. The molecular formula is C17H27NO2S. The molecule has 118 valence electrons. The number of hydrogen-bond donors (Lipinski definition) is 1. The highest BCUT2D eigenvalue weighted by molar-refractivity contribution is 7.09. The van der Waals surface area contributed by atoms with Crippen molar-refractivity contribution < 1.29 is 9.47 Å². The van der Waals surface area contributed by atoms with Crippen molar-refractivity contribution in [2.24, 2.45) is 5.92 Å². The van der Waals surface area contributed by atoms with Gasteiger partial charge in [-0.3, -0.25) is 0 Å². The zero-order valence-corrected chi connectivity index (χ0v) is 13.8. The molecule has 0 aromatic carbocycles. The maximum atomic E-state index is 6.19. The van der Waals surface area contributed by atoms with Gasteiger partial charge in [-0.2, -0.15) is 0 Å². The molecule has 1 N–H and O–H groups in total. The van der Waals surface area contributed by atoms with Gasteiger partial charge >= 0.3 is 0 Å². The van der Waals surface area contributed by atoms with Crippen LogP contribution in [0.2, 0.25) is 0 Å². The first-order valence-electron chi connectivity index (χ1n) is 8.29. The predicted molar refractivity (Wildman–Crippen MR) is 86.9 cm³/mol. The quantitative estimate of drug-likeness (QED) is 0.906. The van der Waals surface area contributed by atoms with Crippen LogP contribution < -0.4 is 5.32 Å². The van der Waals surface area contributed by atoms with E-state index in [1.54, 1.807) is 0 Å². The minimum Gasteiger partial charge on any atom is -0.381 e. The maximum absolute atomic E-state index is 6.19. The number of ether oxygens (including phenoxy) is 2. The highest BCUT2D eigenvalue weighted by Gasteiger charge is 2.41. The SMILES string of the molecule is CCNC(Cc1cccs1)C1CCOC2(CCOCC2)C1. The summed E-state index contributed by atoms with van der Waals surface area (Å²) >= 11 is 1.88. The lowest BCUT2D eigenvalue weighted by Crippen LogP contribution is -2.49. The maximum Gasteiger partial charge on any atom is 0.0729 e. The van der Waals surface area contributed by atoms with Crippen molar-refractivity contribution in [1.29, 1.82) is 0 Å². The number of thiophene rings is 1. The number of rotatable bonds is 5. The van der Waals surface area contributed by atoms with Crippen LogP contribution in [0, 0.1) is 5.92 Å². The number of nitrogens with one attached hydrogen (secondary N) is 1. The van der Waals surface area contributed by atoms with Crippen molar-refractivity contribution in [3.8, 4) is 0 Å². The fourth-order valence-corrected chi connectivity index (χ4v) is 4.58. The van der Waals surface area contributed by atoms with E-state index in [-0.39, 0.29) is 5.60 Å². The Kier molecular flexibility index (Phi) is 5.33. The van der Waals surface area contributed by atoms with E-state index in [1.165, 1.54) is 17.7 Å². The highest BCUT2D eigenvalue weighted by Crippen LogP contribution is 2.38. The molecule has 2 atom stereocenters. The Morgan fingerprint density at radius 3 is 2.95 bits per heavy atom. The monoisotopic (exact) mass is 309 g/mol. The van der Waals surface area contributed by atoms with Gasteiger partial charge in [0.05, 0.1) is 5.60 Å². The summed E-state index contributed by atoms with van der Waals surface area (Å²) in [5.74, 6) is 0.721. The van der Waals surface area contributed by atoms with Crippen LogP contribution in [-0.4, -0.2) is 38.0 Å². The lowest BCUT2D eigenvalue weighted by molar-refractivity contribution is -0.150. The Labute approximate surface area is 132 Å². The summed E-state index contributed by atoms with van der Waals surface area (Å²) < 4.78 is 11.7. The van der Waals surface area contributed by atoms with Gasteiger partial charge in [-0.05, 0) is 56.0 Å². The molecule has 2 saturated heterocycles. The van der Waals surface area contributed by atoms with E-state index in [1.807, 2.05) is 11.3 Å². The van der Waals surface area contributed by atoms with Crippen molar-refractivity contribution in [2.45, 2.75) is 50.7 Å². The Hall–Kier alpha value is -0.420. The normalized spacial score (nSPS) is 26.8. The Bertz CT molecular complexity index is 409. The molecule has 3 nitrogen and oxygen atoms in total. The summed E-state index contributed by atoms with van der Waals surface area (Å²) in [4.78, 5) is 1.49. The molecule has 2 unspecified atom stereocenters. The summed E-state index contributed by atoms with van der Waals surface area (Å²) in [5, 5.41) is 5.92. The molecule has 2 aliphatic rings. The van der Waals surface area contributed by atoms with Gasteiger partial charge in [0.25, 0.3) is 0 Å².